The first-order chi connectivity index (χ1) is 6.77. The molecule has 1 aliphatic heterocycles. The molecule has 0 unspecified atom stereocenters. The fourth-order valence-electron chi connectivity index (χ4n) is 1.85. The van der Waals surface area contributed by atoms with Gasteiger partial charge >= 0.3 is 0 Å². The lowest BCUT2D eigenvalue weighted by Gasteiger charge is -2.20. The molecule has 5 nitrogen and oxygen atoms in total. The molecule has 2 heterocycles. The van der Waals surface area contributed by atoms with Crippen LogP contribution in [0.4, 0.5) is 0 Å². The Morgan fingerprint density at radius 2 is 2.50 bits per heavy atom. The van der Waals surface area contributed by atoms with Crippen molar-refractivity contribution in [3.63, 3.8) is 0 Å². The Balaban J connectivity index is 1.95. The molecule has 0 aromatic carbocycles. The second kappa shape index (κ2) is 3.77. The van der Waals surface area contributed by atoms with Crippen molar-refractivity contribution >= 4 is 5.91 Å². The molecule has 0 radical (unpaired) electrons. The maximum Gasteiger partial charge on any atom is 0.244 e. The summed E-state index contributed by atoms with van der Waals surface area (Å²) in [6.07, 6.45) is 5.24. The van der Waals surface area contributed by atoms with Crippen LogP contribution in [-0.4, -0.2) is 38.2 Å². The minimum atomic E-state index is 0.139. The fraction of sp³-hybridized carbons (Fsp3) is 0.667. The summed E-state index contributed by atoms with van der Waals surface area (Å²) in [6, 6.07) is 0.381. The Morgan fingerprint density at radius 1 is 1.64 bits per heavy atom. The second-order valence-corrected chi connectivity index (χ2v) is 3.67. The molecule has 1 aromatic rings. The van der Waals surface area contributed by atoms with Crippen LogP contribution < -0.4 is 0 Å². The summed E-state index contributed by atoms with van der Waals surface area (Å²) in [5, 5.41) is 3.91. The monoisotopic (exact) mass is 194 g/mol. The number of likely N-dealkylation sites (tertiary alicyclic amines) is 1. The van der Waals surface area contributed by atoms with Crippen molar-refractivity contribution < 1.29 is 4.79 Å². The summed E-state index contributed by atoms with van der Waals surface area (Å²) >= 11 is 0. The Morgan fingerprint density at radius 3 is 3.07 bits per heavy atom. The van der Waals surface area contributed by atoms with Crippen molar-refractivity contribution in [3.8, 4) is 0 Å². The molecule has 1 atom stereocenters. The van der Waals surface area contributed by atoms with Gasteiger partial charge in [0.2, 0.25) is 5.91 Å². The summed E-state index contributed by atoms with van der Waals surface area (Å²) in [6.45, 7) is 3.28. The molecule has 0 bridgehead atoms. The van der Waals surface area contributed by atoms with Gasteiger partial charge in [-0.15, -0.1) is 0 Å². The predicted molar refractivity (Wildman–Crippen MR) is 50.4 cm³/mol. The average Bonchev–Trinajstić information content (AvgIpc) is 2.75. The van der Waals surface area contributed by atoms with Gasteiger partial charge in [0.25, 0.3) is 0 Å². The van der Waals surface area contributed by atoms with Gasteiger partial charge in [-0.3, -0.25) is 4.79 Å². The Labute approximate surface area is 82.7 Å². The largest absolute Gasteiger partial charge is 0.338 e. The lowest BCUT2D eigenvalue weighted by atomic mass is 10.2. The van der Waals surface area contributed by atoms with Crippen LogP contribution in [0.3, 0.4) is 0 Å². The molecule has 14 heavy (non-hydrogen) atoms. The van der Waals surface area contributed by atoms with Gasteiger partial charge in [0.05, 0.1) is 0 Å². The summed E-state index contributed by atoms with van der Waals surface area (Å²) in [7, 11) is 0. The average molecular weight is 194 g/mol. The highest BCUT2D eigenvalue weighted by atomic mass is 16.2. The van der Waals surface area contributed by atoms with E-state index in [9.17, 15) is 4.79 Å². The van der Waals surface area contributed by atoms with E-state index in [1.54, 1.807) is 11.0 Å². The zero-order chi connectivity index (χ0) is 9.97. The number of hydrogen-bond acceptors (Lipinski definition) is 3. The molecule has 5 heteroatoms. The molecule has 0 N–H and O–H groups in total. The van der Waals surface area contributed by atoms with Gasteiger partial charge in [0, 0.05) is 12.6 Å². The summed E-state index contributed by atoms with van der Waals surface area (Å²) < 4.78 is 1.56. The first-order valence-corrected chi connectivity index (χ1v) is 4.89. The van der Waals surface area contributed by atoms with E-state index in [1.165, 1.54) is 6.33 Å². The molecule has 76 valence electrons. The SMILES string of the molecule is C[C@@H]1CCCN1C(=O)Cn1cncn1. The number of carbonyl (C=O) groups is 1. The van der Waals surface area contributed by atoms with Gasteiger partial charge in [-0.1, -0.05) is 0 Å². The highest BCUT2D eigenvalue weighted by Crippen LogP contribution is 2.16. The molecule has 0 spiro atoms. The summed E-state index contributed by atoms with van der Waals surface area (Å²) in [4.78, 5) is 17.5. The molecule has 0 aliphatic carbocycles. The van der Waals surface area contributed by atoms with Crippen molar-refractivity contribution in [1.29, 1.82) is 0 Å². The molecule has 2 rings (SSSR count). The predicted octanol–water partition coefficient (Wildman–Crippen LogP) is 0.289. The van der Waals surface area contributed by atoms with Crippen molar-refractivity contribution in [2.45, 2.75) is 32.4 Å². The van der Waals surface area contributed by atoms with Crippen molar-refractivity contribution in [3.05, 3.63) is 12.7 Å². The van der Waals surface area contributed by atoms with E-state index in [0.29, 0.717) is 12.6 Å². The van der Waals surface area contributed by atoms with E-state index in [1.807, 2.05) is 4.90 Å². The highest BCUT2D eigenvalue weighted by Gasteiger charge is 2.24. The molecule has 1 fully saturated rings. The van der Waals surface area contributed by atoms with Crippen LogP contribution in [0.5, 0.6) is 0 Å². The number of hydrogen-bond donors (Lipinski definition) is 0. The number of aromatic nitrogens is 3. The first-order valence-electron chi connectivity index (χ1n) is 4.89. The van der Waals surface area contributed by atoms with Crippen molar-refractivity contribution in [2.75, 3.05) is 6.54 Å². The van der Waals surface area contributed by atoms with Crippen LogP contribution in [0.1, 0.15) is 19.8 Å². The standard InChI is InChI=1S/C9H14N4O/c1-8-3-2-4-13(8)9(14)5-12-7-10-6-11-12/h6-8H,2-5H2,1H3/t8-/m1/s1. The first kappa shape index (κ1) is 9.18. The number of rotatable bonds is 2. The zero-order valence-electron chi connectivity index (χ0n) is 8.26. The van der Waals surface area contributed by atoms with Gasteiger partial charge in [0.1, 0.15) is 19.2 Å². The molecule has 1 aromatic heterocycles. The Bertz CT molecular complexity index is 309. The van der Waals surface area contributed by atoms with Gasteiger partial charge < -0.3 is 4.90 Å². The third-order valence-corrected chi connectivity index (χ3v) is 2.64. The molecule has 1 amide bonds. The van der Waals surface area contributed by atoms with Crippen LogP contribution in [0.2, 0.25) is 0 Å². The third kappa shape index (κ3) is 1.76. The molecular weight excluding hydrogens is 180 g/mol. The van der Waals surface area contributed by atoms with Crippen LogP contribution in [-0.2, 0) is 11.3 Å². The lowest BCUT2D eigenvalue weighted by molar-refractivity contribution is -0.132. The molecule has 1 aliphatic rings. The Kier molecular flexibility index (Phi) is 2.47. The smallest absolute Gasteiger partial charge is 0.244 e. The van der Waals surface area contributed by atoms with E-state index in [-0.39, 0.29) is 5.91 Å². The molecule has 1 saturated heterocycles. The van der Waals surface area contributed by atoms with Crippen LogP contribution >= 0.6 is 0 Å². The van der Waals surface area contributed by atoms with Gasteiger partial charge in [-0.05, 0) is 19.8 Å². The van der Waals surface area contributed by atoms with Crippen molar-refractivity contribution in [1.82, 2.24) is 19.7 Å². The summed E-state index contributed by atoms with van der Waals surface area (Å²) in [5.41, 5.74) is 0. The molecule has 0 saturated carbocycles. The maximum atomic E-state index is 11.8. The lowest BCUT2D eigenvalue weighted by Crippen LogP contribution is -2.36. The topological polar surface area (TPSA) is 51.0 Å². The quantitative estimate of drug-likeness (QED) is 0.680. The van der Waals surface area contributed by atoms with E-state index < -0.39 is 0 Å². The van der Waals surface area contributed by atoms with Crippen LogP contribution in [0, 0.1) is 0 Å². The van der Waals surface area contributed by atoms with Gasteiger partial charge in [-0.2, -0.15) is 5.10 Å². The maximum absolute atomic E-state index is 11.8. The van der Waals surface area contributed by atoms with Gasteiger partial charge in [0.15, 0.2) is 0 Å². The van der Waals surface area contributed by atoms with E-state index in [0.717, 1.165) is 19.4 Å². The van der Waals surface area contributed by atoms with E-state index >= 15 is 0 Å². The van der Waals surface area contributed by atoms with E-state index in [2.05, 4.69) is 17.0 Å². The minimum Gasteiger partial charge on any atom is -0.338 e. The number of nitrogens with zero attached hydrogens (tertiary/aromatic N) is 4. The van der Waals surface area contributed by atoms with Crippen LogP contribution in [0.15, 0.2) is 12.7 Å². The Hall–Kier alpha value is -1.39. The van der Waals surface area contributed by atoms with Gasteiger partial charge in [-0.25, -0.2) is 9.67 Å². The number of carbonyl (C=O) groups excluding carboxylic acids is 1. The fourth-order valence-corrected chi connectivity index (χ4v) is 1.85. The second-order valence-electron chi connectivity index (χ2n) is 3.67. The van der Waals surface area contributed by atoms with Crippen LogP contribution in [0.25, 0.3) is 0 Å². The highest BCUT2D eigenvalue weighted by molar-refractivity contribution is 5.76. The van der Waals surface area contributed by atoms with E-state index in [4.69, 9.17) is 0 Å². The third-order valence-electron chi connectivity index (χ3n) is 2.64. The normalized spacial score (nSPS) is 21.5. The zero-order valence-corrected chi connectivity index (χ0v) is 8.26. The van der Waals surface area contributed by atoms with Crippen molar-refractivity contribution in [2.24, 2.45) is 0 Å². The molecular formula is C9H14N4O. The minimum absolute atomic E-state index is 0.139. The number of amides is 1. The summed E-state index contributed by atoms with van der Waals surface area (Å²) in [5.74, 6) is 0.139.